The van der Waals surface area contributed by atoms with Crippen molar-refractivity contribution in [3.05, 3.63) is 29.5 Å². The van der Waals surface area contributed by atoms with Crippen LogP contribution in [0.2, 0.25) is 0 Å². The molecule has 0 aliphatic heterocycles. The van der Waals surface area contributed by atoms with E-state index in [2.05, 4.69) is 22.3 Å². The van der Waals surface area contributed by atoms with E-state index in [9.17, 15) is 5.11 Å². The fraction of sp³-hybridized carbons (Fsp3) is 0.533. The Balaban J connectivity index is 1.65. The van der Waals surface area contributed by atoms with Crippen molar-refractivity contribution in [1.29, 1.82) is 0 Å². The molecule has 4 nitrogen and oxygen atoms in total. The number of thiazole rings is 1. The number of hydrogen-bond donors (Lipinski definition) is 1. The van der Waals surface area contributed by atoms with Crippen LogP contribution in [0.4, 0.5) is 0 Å². The van der Waals surface area contributed by atoms with Gasteiger partial charge in [-0.2, -0.15) is 0 Å². The summed E-state index contributed by atoms with van der Waals surface area (Å²) in [6.45, 7) is 0.777. The van der Waals surface area contributed by atoms with E-state index in [-0.39, 0.29) is 12.1 Å². The fourth-order valence-electron chi connectivity index (χ4n) is 2.87. The van der Waals surface area contributed by atoms with Crippen molar-refractivity contribution in [2.24, 2.45) is 0 Å². The maximum absolute atomic E-state index is 10.1. The molecule has 0 amide bonds. The highest BCUT2D eigenvalue weighted by Gasteiger charge is 2.26. The van der Waals surface area contributed by atoms with Crippen LogP contribution in [0.5, 0.6) is 0 Å². The molecule has 0 bridgehead atoms. The zero-order chi connectivity index (χ0) is 13.9. The summed E-state index contributed by atoms with van der Waals surface area (Å²) in [6.07, 6.45) is 5.82. The lowest BCUT2D eigenvalue weighted by atomic mass is 9.91. The van der Waals surface area contributed by atoms with Gasteiger partial charge in [0.25, 0.3) is 0 Å². The fourth-order valence-corrected chi connectivity index (χ4v) is 3.65. The van der Waals surface area contributed by atoms with E-state index in [1.807, 2.05) is 12.1 Å². The molecule has 108 valence electrons. The first kappa shape index (κ1) is 13.8. The van der Waals surface area contributed by atoms with Gasteiger partial charge in [0.05, 0.1) is 18.1 Å². The minimum atomic E-state index is -0.197. The molecule has 2 unspecified atom stereocenters. The maximum atomic E-state index is 10.1. The summed E-state index contributed by atoms with van der Waals surface area (Å²) in [5.74, 6) is 0.821. The monoisotopic (exact) mass is 292 g/mol. The van der Waals surface area contributed by atoms with Crippen LogP contribution in [0, 0.1) is 0 Å². The van der Waals surface area contributed by atoms with Crippen LogP contribution in [0.15, 0.2) is 28.2 Å². The Morgan fingerprint density at radius 3 is 3.05 bits per heavy atom. The predicted molar refractivity (Wildman–Crippen MR) is 79.5 cm³/mol. The van der Waals surface area contributed by atoms with Gasteiger partial charge in [0, 0.05) is 18.0 Å². The summed E-state index contributed by atoms with van der Waals surface area (Å²) >= 11 is 1.60. The zero-order valence-electron chi connectivity index (χ0n) is 11.7. The summed E-state index contributed by atoms with van der Waals surface area (Å²) in [5, 5.41) is 13.1. The van der Waals surface area contributed by atoms with Gasteiger partial charge in [-0.25, -0.2) is 4.98 Å². The molecule has 2 heterocycles. The highest BCUT2D eigenvalue weighted by Crippen LogP contribution is 2.26. The number of furan rings is 1. The molecule has 1 aliphatic rings. The lowest BCUT2D eigenvalue weighted by Crippen LogP contribution is -2.42. The second-order valence-corrected chi connectivity index (χ2v) is 6.31. The molecule has 2 atom stereocenters. The van der Waals surface area contributed by atoms with E-state index in [0.717, 1.165) is 42.3 Å². The number of aliphatic hydroxyl groups is 1. The standard InChI is InChI=1S/C15H20N2O2S/c1-17(12-5-2-3-6-13(12)18)9-11-10-20-15(16-11)14-7-4-8-19-14/h4,7-8,10,12-13,18H,2-3,5-6,9H2,1H3. The molecule has 5 heteroatoms. The largest absolute Gasteiger partial charge is 0.462 e. The first-order chi connectivity index (χ1) is 9.74. The predicted octanol–water partition coefficient (Wildman–Crippen LogP) is 3.14. The summed E-state index contributed by atoms with van der Waals surface area (Å²) in [5.41, 5.74) is 1.04. The highest BCUT2D eigenvalue weighted by atomic mass is 32.1. The highest BCUT2D eigenvalue weighted by molar-refractivity contribution is 7.13. The quantitative estimate of drug-likeness (QED) is 0.940. The maximum Gasteiger partial charge on any atom is 0.162 e. The third kappa shape index (κ3) is 2.95. The number of nitrogens with zero attached hydrogens (tertiary/aromatic N) is 2. The molecule has 0 saturated heterocycles. The molecular formula is C15H20N2O2S. The first-order valence-electron chi connectivity index (χ1n) is 7.10. The molecule has 1 saturated carbocycles. The number of aromatic nitrogens is 1. The van der Waals surface area contributed by atoms with E-state index in [1.165, 1.54) is 6.42 Å². The molecule has 1 fully saturated rings. The third-order valence-electron chi connectivity index (χ3n) is 3.96. The summed E-state index contributed by atoms with van der Waals surface area (Å²) in [7, 11) is 2.07. The second kappa shape index (κ2) is 6.08. The smallest absolute Gasteiger partial charge is 0.162 e. The van der Waals surface area contributed by atoms with Crippen molar-refractivity contribution < 1.29 is 9.52 Å². The van der Waals surface area contributed by atoms with Crippen molar-refractivity contribution in [3.63, 3.8) is 0 Å². The summed E-state index contributed by atoms with van der Waals surface area (Å²) < 4.78 is 5.37. The van der Waals surface area contributed by atoms with Crippen molar-refractivity contribution in [2.45, 2.75) is 44.4 Å². The number of hydrogen-bond acceptors (Lipinski definition) is 5. The zero-order valence-corrected chi connectivity index (χ0v) is 12.5. The molecule has 0 spiro atoms. The molecule has 3 rings (SSSR count). The Morgan fingerprint density at radius 1 is 1.45 bits per heavy atom. The van der Waals surface area contributed by atoms with E-state index >= 15 is 0 Å². The SMILES string of the molecule is CN(Cc1csc(-c2ccco2)n1)C1CCCCC1O. The van der Waals surface area contributed by atoms with Gasteiger partial charge in [0.15, 0.2) is 10.8 Å². The van der Waals surface area contributed by atoms with Crippen LogP contribution in [-0.2, 0) is 6.54 Å². The van der Waals surface area contributed by atoms with Crippen molar-refractivity contribution in [3.8, 4) is 10.8 Å². The van der Waals surface area contributed by atoms with Crippen LogP contribution in [-0.4, -0.2) is 34.2 Å². The van der Waals surface area contributed by atoms with Crippen molar-refractivity contribution in [2.75, 3.05) is 7.05 Å². The van der Waals surface area contributed by atoms with Crippen LogP contribution in [0.1, 0.15) is 31.4 Å². The lowest BCUT2D eigenvalue weighted by Gasteiger charge is -2.34. The van der Waals surface area contributed by atoms with Gasteiger partial charge >= 0.3 is 0 Å². The molecule has 20 heavy (non-hydrogen) atoms. The first-order valence-corrected chi connectivity index (χ1v) is 7.98. The van der Waals surface area contributed by atoms with Gasteiger partial charge < -0.3 is 9.52 Å². The van der Waals surface area contributed by atoms with E-state index in [0.29, 0.717) is 0 Å². The molecule has 0 aromatic carbocycles. The van der Waals surface area contributed by atoms with Crippen molar-refractivity contribution >= 4 is 11.3 Å². The molecule has 1 aliphatic carbocycles. The van der Waals surface area contributed by atoms with Crippen LogP contribution < -0.4 is 0 Å². The normalized spacial score (nSPS) is 23.4. The lowest BCUT2D eigenvalue weighted by molar-refractivity contribution is 0.0284. The Morgan fingerprint density at radius 2 is 2.30 bits per heavy atom. The van der Waals surface area contributed by atoms with Crippen LogP contribution >= 0.6 is 11.3 Å². The molecular weight excluding hydrogens is 272 g/mol. The third-order valence-corrected chi connectivity index (χ3v) is 4.86. The molecule has 1 N–H and O–H groups in total. The van der Waals surface area contributed by atoms with E-state index in [4.69, 9.17) is 4.42 Å². The van der Waals surface area contributed by atoms with Gasteiger partial charge in [-0.3, -0.25) is 4.90 Å². The minimum absolute atomic E-state index is 0.197. The Labute approximate surface area is 123 Å². The van der Waals surface area contributed by atoms with Gasteiger partial charge in [0.1, 0.15) is 0 Å². The van der Waals surface area contributed by atoms with Gasteiger partial charge in [-0.05, 0) is 32.0 Å². The second-order valence-electron chi connectivity index (χ2n) is 5.46. The average Bonchev–Trinajstić information content (AvgIpc) is 3.09. The van der Waals surface area contributed by atoms with E-state index in [1.54, 1.807) is 17.6 Å². The Bertz CT molecular complexity index is 538. The number of rotatable bonds is 4. The van der Waals surface area contributed by atoms with Gasteiger partial charge in [0.2, 0.25) is 0 Å². The molecule has 2 aromatic rings. The summed E-state index contributed by atoms with van der Waals surface area (Å²) in [4.78, 5) is 6.84. The van der Waals surface area contributed by atoms with Crippen molar-refractivity contribution in [1.82, 2.24) is 9.88 Å². The number of aliphatic hydroxyl groups excluding tert-OH is 1. The van der Waals surface area contributed by atoms with Crippen LogP contribution in [0.25, 0.3) is 10.8 Å². The minimum Gasteiger partial charge on any atom is -0.462 e. The molecule has 2 aromatic heterocycles. The Kier molecular flexibility index (Phi) is 4.19. The van der Waals surface area contributed by atoms with Crippen LogP contribution in [0.3, 0.4) is 0 Å². The molecule has 0 radical (unpaired) electrons. The van der Waals surface area contributed by atoms with Gasteiger partial charge in [-0.1, -0.05) is 12.8 Å². The van der Waals surface area contributed by atoms with E-state index < -0.39 is 0 Å². The Hall–Kier alpha value is -1.17. The summed E-state index contributed by atoms with van der Waals surface area (Å²) in [6, 6.07) is 4.07. The topological polar surface area (TPSA) is 49.5 Å². The average molecular weight is 292 g/mol. The van der Waals surface area contributed by atoms with Gasteiger partial charge in [-0.15, -0.1) is 11.3 Å². The number of likely N-dealkylation sites (N-methyl/N-ethyl adjacent to an activating group) is 1.